The summed E-state index contributed by atoms with van der Waals surface area (Å²) in [5.41, 5.74) is 9.14. The summed E-state index contributed by atoms with van der Waals surface area (Å²) < 4.78 is 0. The average Bonchev–Trinajstić information content (AvgIpc) is 3.41. The lowest BCUT2D eigenvalue weighted by atomic mass is 10.2. The van der Waals surface area contributed by atoms with Crippen molar-refractivity contribution in [1.82, 2.24) is 15.1 Å². The second-order valence-corrected chi connectivity index (χ2v) is 9.95. The molecule has 3 N–H and O–H groups in total. The van der Waals surface area contributed by atoms with Gasteiger partial charge in [0.2, 0.25) is 17.8 Å². The molecule has 9 heteroatoms. The van der Waals surface area contributed by atoms with Crippen LogP contribution >= 0.6 is 0 Å². The Bertz CT molecular complexity index is 1170. The molecule has 2 aliphatic heterocycles. The lowest BCUT2D eigenvalue weighted by molar-refractivity contribution is -0.139. The minimum Gasteiger partial charge on any atom is -0.378 e. The van der Waals surface area contributed by atoms with E-state index in [1.165, 1.54) is 0 Å². The second-order valence-electron chi connectivity index (χ2n) is 9.95. The van der Waals surface area contributed by atoms with E-state index in [1.54, 1.807) is 17.0 Å². The van der Waals surface area contributed by atoms with E-state index in [0.29, 0.717) is 24.2 Å². The molecule has 2 fully saturated rings. The molecule has 0 spiro atoms. The summed E-state index contributed by atoms with van der Waals surface area (Å²) in [6.07, 6.45) is 14.0. The zero-order valence-corrected chi connectivity index (χ0v) is 23.9. The van der Waals surface area contributed by atoms with Gasteiger partial charge in [0, 0.05) is 51.4 Å². The predicted molar refractivity (Wildman–Crippen MR) is 161 cm³/mol. The second kappa shape index (κ2) is 16.6. The van der Waals surface area contributed by atoms with Crippen molar-refractivity contribution in [2.24, 2.45) is 10.7 Å². The molecule has 0 radical (unpaired) electrons. The van der Waals surface area contributed by atoms with Crippen LogP contribution in [0.1, 0.15) is 54.4 Å². The minimum atomic E-state index is -0.279. The van der Waals surface area contributed by atoms with E-state index in [4.69, 9.17) is 5.73 Å². The largest absolute Gasteiger partial charge is 0.378 e. The van der Waals surface area contributed by atoms with Crippen molar-refractivity contribution in [1.29, 1.82) is 0 Å². The molecule has 2 aliphatic rings. The highest BCUT2D eigenvalue weighted by molar-refractivity contribution is 6.05. The Morgan fingerprint density at radius 2 is 1.62 bits per heavy atom. The normalized spacial score (nSPS) is 15.1. The SMILES string of the molecule is C#C.Cc1cccc(N=C(N)NC(=O)c2ccc(N(C)C)cc2)c1.O=C(CN1CCCCCC1=O)N1CCCC1. The number of aryl methyl sites for hydroxylation is 1. The molecule has 40 heavy (non-hydrogen) atoms. The number of rotatable bonds is 5. The van der Waals surface area contributed by atoms with Crippen molar-refractivity contribution in [2.45, 2.75) is 45.4 Å². The summed E-state index contributed by atoms with van der Waals surface area (Å²) in [6.45, 7) is 4.79. The summed E-state index contributed by atoms with van der Waals surface area (Å²) in [6, 6.07) is 14.9. The first-order valence-corrected chi connectivity index (χ1v) is 13.6. The average molecular weight is 547 g/mol. The maximum atomic E-state index is 12.1. The number of carbonyl (C=O) groups is 3. The third kappa shape index (κ3) is 10.4. The summed E-state index contributed by atoms with van der Waals surface area (Å²) in [5, 5.41) is 2.59. The van der Waals surface area contributed by atoms with Crippen LogP contribution in [-0.2, 0) is 9.59 Å². The Labute approximate surface area is 238 Å². The van der Waals surface area contributed by atoms with Crippen LogP contribution < -0.4 is 16.0 Å². The molecule has 2 heterocycles. The lowest BCUT2D eigenvalue weighted by Crippen LogP contribution is -2.41. The van der Waals surface area contributed by atoms with Gasteiger partial charge < -0.3 is 20.4 Å². The number of nitrogens with one attached hydrogen (secondary N) is 1. The van der Waals surface area contributed by atoms with Crippen molar-refractivity contribution >= 4 is 35.1 Å². The van der Waals surface area contributed by atoms with Crippen LogP contribution in [0, 0.1) is 19.8 Å². The number of guanidine groups is 1. The van der Waals surface area contributed by atoms with Crippen molar-refractivity contribution in [3.05, 3.63) is 59.7 Å². The molecule has 0 aromatic heterocycles. The molecule has 0 aliphatic carbocycles. The van der Waals surface area contributed by atoms with Crippen molar-refractivity contribution < 1.29 is 14.4 Å². The molecule has 4 rings (SSSR count). The number of hydrogen-bond donors (Lipinski definition) is 2. The molecular formula is C31H42N6O3. The van der Waals surface area contributed by atoms with Gasteiger partial charge in [0.25, 0.3) is 5.91 Å². The van der Waals surface area contributed by atoms with Gasteiger partial charge in [-0.15, -0.1) is 12.8 Å². The smallest absolute Gasteiger partial charge is 0.257 e. The molecule has 0 saturated carbocycles. The molecule has 2 aromatic carbocycles. The van der Waals surface area contributed by atoms with Gasteiger partial charge in [-0.05, 0) is 74.6 Å². The zero-order chi connectivity index (χ0) is 29.5. The highest BCUT2D eigenvalue weighted by atomic mass is 16.2. The van der Waals surface area contributed by atoms with Gasteiger partial charge in [0.15, 0.2) is 0 Å². The molecule has 3 amide bonds. The van der Waals surface area contributed by atoms with Crippen LogP contribution in [0.3, 0.4) is 0 Å². The van der Waals surface area contributed by atoms with Crippen molar-refractivity contribution in [2.75, 3.05) is 45.2 Å². The number of anilines is 1. The fraction of sp³-hybridized carbons (Fsp3) is 0.419. The Balaban J connectivity index is 0.000000275. The monoisotopic (exact) mass is 546 g/mol. The van der Waals surface area contributed by atoms with E-state index >= 15 is 0 Å². The number of likely N-dealkylation sites (tertiary alicyclic amines) is 2. The van der Waals surface area contributed by atoms with Crippen molar-refractivity contribution in [3.63, 3.8) is 0 Å². The van der Waals surface area contributed by atoms with Crippen LogP contribution in [0.2, 0.25) is 0 Å². The Morgan fingerprint density at radius 3 is 2.25 bits per heavy atom. The molecule has 9 nitrogen and oxygen atoms in total. The van der Waals surface area contributed by atoms with Crippen molar-refractivity contribution in [3.8, 4) is 12.8 Å². The highest BCUT2D eigenvalue weighted by Gasteiger charge is 2.23. The van der Waals surface area contributed by atoms with E-state index in [9.17, 15) is 14.4 Å². The quantitative estimate of drug-likeness (QED) is 0.338. The van der Waals surface area contributed by atoms with Gasteiger partial charge in [-0.2, -0.15) is 0 Å². The molecule has 214 valence electrons. The summed E-state index contributed by atoms with van der Waals surface area (Å²) in [7, 11) is 3.89. The van der Waals surface area contributed by atoms with Crippen LogP contribution in [0.15, 0.2) is 53.5 Å². The summed E-state index contributed by atoms with van der Waals surface area (Å²) in [4.78, 5) is 45.5. The summed E-state index contributed by atoms with van der Waals surface area (Å²) in [5.74, 6) is 0.0873. The molecule has 2 aromatic rings. The first-order valence-electron chi connectivity index (χ1n) is 13.6. The Hall–Kier alpha value is -4.32. The standard InChI is InChI=1S/C17H20N4O.C12H20N2O2.C2H2/c1-12-5-4-6-14(11-12)19-17(18)20-16(22)13-7-9-15(10-8-13)21(2)3;15-11-6-2-1-3-9-14(11)10-12(16)13-7-4-5-8-13;1-2/h4-11H,1-3H3,(H3,18,19,20,22);1-10H2;1-2H. The minimum absolute atomic E-state index is 0.0762. The maximum absolute atomic E-state index is 12.1. The number of hydrogen-bond acceptors (Lipinski definition) is 5. The van der Waals surface area contributed by atoms with Gasteiger partial charge >= 0.3 is 0 Å². The molecule has 0 bridgehead atoms. The van der Waals surface area contributed by atoms with E-state index in [2.05, 4.69) is 23.2 Å². The summed E-state index contributed by atoms with van der Waals surface area (Å²) >= 11 is 0. The molecular weight excluding hydrogens is 504 g/mol. The van der Waals surface area contributed by atoms with E-state index in [0.717, 1.165) is 63.0 Å². The van der Waals surface area contributed by atoms with Gasteiger partial charge in [0.05, 0.1) is 12.2 Å². The topological polar surface area (TPSA) is 111 Å². The van der Waals surface area contributed by atoms with E-state index < -0.39 is 0 Å². The lowest BCUT2D eigenvalue weighted by Gasteiger charge is -2.23. The first kappa shape index (κ1) is 31.9. The molecule has 0 atom stereocenters. The Morgan fingerprint density at radius 1 is 0.975 bits per heavy atom. The van der Waals surface area contributed by atoms with Gasteiger partial charge in [0.1, 0.15) is 0 Å². The van der Waals surface area contributed by atoms with Gasteiger partial charge in [-0.25, -0.2) is 4.99 Å². The number of benzene rings is 2. The maximum Gasteiger partial charge on any atom is 0.257 e. The third-order valence-electron chi connectivity index (χ3n) is 6.59. The van der Waals surface area contributed by atoms with Gasteiger partial charge in [-0.1, -0.05) is 18.6 Å². The number of aliphatic imine (C=N–C) groups is 1. The van der Waals surface area contributed by atoms with Crippen LogP contribution in [0.4, 0.5) is 11.4 Å². The fourth-order valence-electron chi connectivity index (χ4n) is 4.40. The number of terminal acetylenes is 1. The predicted octanol–water partition coefficient (Wildman–Crippen LogP) is 3.70. The number of nitrogens with two attached hydrogens (primary N) is 1. The fourth-order valence-corrected chi connectivity index (χ4v) is 4.40. The number of carbonyl (C=O) groups excluding carboxylic acids is 3. The third-order valence-corrected chi connectivity index (χ3v) is 6.59. The molecule has 0 unspecified atom stereocenters. The van der Waals surface area contributed by atoms with Gasteiger partial charge in [-0.3, -0.25) is 19.7 Å². The van der Waals surface area contributed by atoms with Crippen LogP contribution in [0.5, 0.6) is 0 Å². The van der Waals surface area contributed by atoms with E-state index in [1.807, 2.05) is 67.2 Å². The zero-order valence-electron chi connectivity index (χ0n) is 23.9. The van der Waals surface area contributed by atoms with Crippen LogP contribution in [0.25, 0.3) is 0 Å². The number of amides is 3. The first-order chi connectivity index (χ1) is 19.2. The Kier molecular flexibility index (Phi) is 13.2. The highest BCUT2D eigenvalue weighted by Crippen LogP contribution is 2.15. The van der Waals surface area contributed by atoms with Crippen LogP contribution in [-0.4, -0.2) is 73.8 Å². The molecule has 2 saturated heterocycles. The van der Waals surface area contributed by atoms with E-state index in [-0.39, 0.29) is 23.7 Å². The number of nitrogens with zero attached hydrogens (tertiary/aromatic N) is 4.